The normalized spacial score (nSPS) is 10.7. The standard InChI is InChI=1S/C11H9Br2NO2/c12-8-6-9(13)11(16-5-4-15)10-7(8)2-1-3-14-10/h1-3,6,15H,4-5H2. The molecule has 0 amide bonds. The van der Waals surface area contributed by atoms with E-state index in [1.807, 2.05) is 18.2 Å². The van der Waals surface area contributed by atoms with Crippen molar-refractivity contribution >= 4 is 42.8 Å². The highest BCUT2D eigenvalue weighted by Crippen LogP contribution is 2.37. The first kappa shape index (κ1) is 11.8. The number of hydrogen-bond donors (Lipinski definition) is 1. The molecule has 0 unspecified atom stereocenters. The molecule has 0 fully saturated rings. The summed E-state index contributed by atoms with van der Waals surface area (Å²) < 4.78 is 7.25. The molecule has 1 heterocycles. The molecule has 5 heteroatoms. The molecule has 0 saturated carbocycles. The van der Waals surface area contributed by atoms with Gasteiger partial charge in [0, 0.05) is 16.1 Å². The average Bonchev–Trinajstić information content (AvgIpc) is 2.29. The zero-order valence-corrected chi connectivity index (χ0v) is 11.5. The number of hydrogen-bond acceptors (Lipinski definition) is 3. The summed E-state index contributed by atoms with van der Waals surface area (Å²) in [5, 5.41) is 9.76. The Bertz CT molecular complexity index is 517. The van der Waals surface area contributed by atoms with Gasteiger partial charge in [0.15, 0.2) is 5.75 Å². The number of rotatable bonds is 3. The zero-order valence-electron chi connectivity index (χ0n) is 8.28. The number of nitrogens with zero attached hydrogens (tertiary/aromatic N) is 1. The highest BCUT2D eigenvalue weighted by atomic mass is 79.9. The number of ether oxygens (including phenoxy) is 1. The molecule has 2 rings (SSSR count). The van der Waals surface area contributed by atoms with Crippen LogP contribution in [0.25, 0.3) is 10.9 Å². The molecule has 0 atom stereocenters. The zero-order chi connectivity index (χ0) is 11.5. The van der Waals surface area contributed by atoms with E-state index >= 15 is 0 Å². The molecule has 3 nitrogen and oxygen atoms in total. The molecule has 0 spiro atoms. The van der Waals surface area contributed by atoms with Crippen LogP contribution in [0.1, 0.15) is 0 Å². The topological polar surface area (TPSA) is 42.4 Å². The minimum Gasteiger partial charge on any atom is -0.488 e. The maximum atomic E-state index is 8.78. The van der Waals surface area contributed by atoms with Crippen LogP contribution < -0.4 is 4.74 Å². The second kappa shape index (κ2) is 5.12. The molecule has 0 aliphatic carbocycles. The number of aliphatic hydroxyl groups excluding tert-OH is 1. The van der Waals surface area contributed by atoms with Gasteiger partial charge >= 0.3 is 0 Å². The van der Waals surface area contributed by atoms with Gasteiger partial charge in [0.2, 0.25) is 0 Å². The van der Waals surface area contributed by atoms with Crippen LogP contribution in [0.4, 0.5) is 0 Å². The van der Waals surface area contributed by atoms with E-state index in [4.69, 9.17) is 9.84 Å². The molecule has 1 aromatic heterocycles. The van der Waals surface area contributed by atoms with Gasteiger partial charge in [0.25, 0.3) is 0 Å². The molecule has 0 aliphatic rings. The van der Waals surface area contributed by atoms with Crippen molar-refractivity contribution in [1.29, 1.82) is 0 Å². The fourth-order valence-electron chi connectivity index (χ4n) is 1.43. The lowest BCUT2D eigenvalue weighted by Gasteiger charge is -2.10. The van der Waals surface area contributed by atoms with Crippen molar-refractivity contribution in [2.24, 2.45) is 0 Å². The molecule has 84 valence electrons. The Kier molecular flexibility index (Phi) is 3.78. The summed E-state index contributed by atoms with van der Waals surface area (Å²) in [5.74, 6) is 0.660. The number of benzene rings is 1. The lowest BCUT2D eigenvalue weighted by molar-refractivity contribution is 0.202. The second-order valence-electron chi connectivity index (χ2n) is 3.14. The van der Waals surface area contributed by atoms with Crippen LogP contribution in [-0.4, -0.2) is 23.3 Å². The Morgan fingerprint density at radius 2 is 2.12 bits per heavy atom. The molecule has 1 N–H and O–H groups in total. The van der Waals surface area contributed by atoms with Gasteiger partial charge in [-0.2, -0.15) is 0 Å². The number of fused-ring (bicyclic) bond motifs is 1. The second-order valence-corrected chi connectivity index (χ2v) is 4.85. The molecule has 16 heavy (non-hydrogen) atoms. The van der Waals surface area contributed by atoms with E-state index in [1.165, 1.54) is 0 Å². The summed E-state index contributed by atoms with van der Waals surface area (Å²) >= 11 is 6.90. The molecular formula is C11H9Br2NO2. The van der Waals surface area contributed by atoms with Gasteiger partial charge in [-0.05, 0) is 28.1 Å². The van der Waals surface area contributed by atoms with Gasteiger partial charge < -0.3 is 9.84 Å². The third-order valence-electron chi connectivity index (χ3n) is 2.09. The van der Waals surface area contributed by atoms with Crippen LogP contribution in [0.3, 0.4) is 0 Å². The van der Waals surface area contributed by atoms with E-state index in [2.05, 4.69) is 36.8 Å². The van der Waals surface area contributed by atoms with Gasteiger partial charge in [0.1, 0.15) is 12.1 Å². The van der Waals surface area contributed by atoms with Crippen molar-refractivity contribution in [3.63, 3.8) is 0 Å². The number of aliphatic hydroxyl groups is 1. The van der Waals surface area contributed by atoms with Gasteiger partial charge in [0.05, 0.1) is 11.1 Å². The van der Waals surface area contributed by atoms with Crippen LogP contribution in [0, 0.1) is 0 Å². The Balaban J connectivity index is 2.61. The van der Waals surface area contributed by atoms with Gasteiger partial charge in [-0.1, -0.05) is 22.0 Å². The molecule has 0 aliphatic heterocycles. The third-order valence-corrected chi connectivity index (χ3v) is 3.33. The predicted molar refractivity (Wildman–Crippen MR) is 69.7 cm³/mol. The summed E-state index contributed by atoms with van der Waals surface area (Å²) in [7, 11) is 0. The molecule has 2 aromatic rings. The van der Waals surface area contributed by atoms with Gasteiger partial charge in [-0.3, -0.25) is 4.98 Å². The van der Waals surface area contributed by atoms with Crippen LogP contribution in [0.15, 0.2) is 33.3 Å². The minimum atomic E-state index is -0.0170. The molecule has 0 radical (unpaired) electrons. The number of pyridine rings is 1. The summed E-state index contributed by atoms with van der Waals surface area (Å²) in [6.45, 7) is 0.239. The van der Waals surface area contributed by atoms with Crippen molar-refractivity contribution in [3.05, 3.63) is 33.3 Å². The van der Waals surface area contributed by atoms with E-state index in [1.54, 1.807) is 6.20 Å². The summed E-state index contributed by atoms with van der Waals surface area (Å²) in [6, 6.07) is 5.75. The van der Waals surface area contributed by atoms with Crippen molar-refractivity contribution in [1.82, 2.24) is 4.98 Å². The van der Waals surface area contributed by atoms with Crippen LogP contribution >= 0.6 is 31.9 Å². The fraction of sp³-hybridized carbons (Fsp3) is 0.182. The van der Waals surface area contributed by atoms with Crippen molar-refractivity contribution < 1.29 is 9.84 Å². The Hall–Kier alpha value is -0.650. The van der Waals surface area contributed by atoms with Crippen LogP contribution in [0.5, 0.6) is 5.75 Å². The quantitative estimate of drug-likeness (QED) is 0.928. The minimum absolute atomic E-state index is 0.0170. The molecule has 1 aromatic carbocycles. The Labute approximate surface area is 110 Å². The predicted octanol–water partition coefficient (Wildman–Crippen LogP) is 3.13. The molecule has 0 bridgehead atoms. The highest BCUT2D eigenvalue weighted by Gasteiger charge is 2.11. The largest absolute Gasteiger partial charge is 0.488 e. The lowest BCUT2D eigenvalue weighted by Crippen LogP contribution is -2.03. The Morgan fingerprint density at radius 1 is 1.31 bits per heavy atom. The highest BCUT2D eigenvalue weighted by molar-refractivity contribution is 9.11. The average molecular weight is 347 g/mol. The first-order chi connectivity index (χ1) is 7.74. The number of aromatic nitrogens is 1. The van der Waals surface area contributed by atoms with Crippen molar-refractivity contribution in [2.75, 3.05) is 13.2 Å². The van der Waals surface area contributed by atoms with Crippen LogP contribution in [-0.2, 0) is 0 Å². The summed E-state index contributed by atoms with van der Waals surface area (Å²) in [4.78, 5) is 4.29. The Morgan fingerprint density at radius 3 is 2.88 bits per heavy atom. The van der Waals surface area contributed by atoms with E-state index in [-0.39, 0.29) is 13.2 Å². The first-order valence-electron chi connectivity index (χ1n) is 4.70. The molecule has 0 saturated heterocycles. The third kappa shape index (κ3) is 2.21. The van der Waals surface area contributed by atoms with E-state index in [0.717, 1.165) is 19.8 Å². The van der Waals surface area contributed by atoms with E-state index in [9.17, 15) is 0 Å². The summed E-state index contributed by atoms with van der Waals surface area (Å²) in [5.41, 5.74) is 0.775. The van der Waals surface area contributed by atoms with Gasteiger partial charge in [-0.25, -0.2) is 0 Å². The van der Waals surface area contributed by atoms with Crippen LogP contribution in [0.2, 0.25) is 0 Å². The lowest BCUT2D eigenvalue weighted by atomic mass is 10.2. The van der Waals surface area contributed by atoms with Crippen molar-refractivity contribution in [3.8, 4) is 5.75 Å². The van der Waals surface area contributed by atoms with Gasteiger partial charge in [-0.15, -0.1) is 0 Å². The first-order valence-corrected chi connectivity index (χ1v) is 6.29. The summed E-state index contributed by atoms with van der Waals surface area (Å²) in [6.07, 6.45) is 1.72. The maximum absolute atomic E-state index is 8.78. The van der Waals surface area contributed by atoms with E-state index in [0.29, 0.717) is 5.75 Å². The monoisotopic (exact) mass is 345 g/mol. The van der Waals surface area contributed by atoms with Crippen molar-refractivity contribution in [2.45, 2.75) is 0 Å². The maximum Gasteiger partial charge on any atom is 0.159 e. The smallest absolute Gasteiger partial charge is 0.159 e. The molecular weight excluding hydrogens is 338 g/mol. The van der Waals surface area contributed by atoms with E-state index < -0.39 is 0 Å². The number of halogens is 2. The fourth-order valence-corrected chi connectivity index (χ4v) is 2.82. The SMILES string of the molecule is OCCOc1c(Br)cc(Br)c2cccnc12.